The van der Waals surface area contributed by atoms with Crippen LogP contribution in [0.4, 0.5) is 0 Å². The van der Waals surface area contributed by atoms with E-state index in [0.29, 0.717) is 12.6 Å². The molecular weight excluding hydrogens is 471 g/mol. The standard InChI is InChI=1S/C20H34N4O3.HI/c1-4-21-20(23-17-8-10-24(11-9-17)12-13-26-2)22-15-19(25)16-6-5-7-18(14-16)27-3;/h5-7,14,17,19,25H,4,8-13,15H2,1-3H3,(H2,21,22,23);1H. The van der Waals surface area contributed by atoms with Crippen LogP contribution in [-0.4, -0.2) is 75.6 Å². The minimum atomic E-state index is -0.661. The number of likely N-dealkylation sites (tertiary alicyclic amines) is 1. The van der Waals surface area contributed by atoms with Crippen LogP contribution in [0.25, 0.3) is 0 Å². The molecule has 28 heavy (non-hydrogen) atoms. The van der Waals surface area contributed by atoms with E-state index in [1.54, 1.807) is 14.2 Å². The van der Waals surface area contributed by atoms with Crippen molar-refractivity contribution in [1.29, 1.82) is 0 Å². The number of nitrogens with zero attached hydrogens (tertiary/aromatic N) is 2. The molecule has 7 nitrogen and oxygen atoms in total. The maximum atomic E-state index is 10.4. The quantitative estimate of drug-likeness (QED) is 0.270. The van der Waals surface area contributed by atoms with Gasteiger partial charge in [-0.15, -0.1) is 24.0 Å². The molecule has 0 bridgehead atoms. The van der Waals surface area contributed by atoms with Crippen LogP contribution < -0.4 is 15.4 Å². The SMILES string of the molecule is CCNC(=NCC(O)c1cccc(OC)c1)NC1CCN(CCOC)CC1.I. The van der Waals surface area contributed by atoms with Crippen LogP contribution in [0.5, 0.6) is 5.75 Å². The third kappa shape index (κ3) is 8.50. The lowest BCUT2D eigenvalue weighted by molar-refractivity contribution is 0.128. The van der Waals surface area contributed by atoms with Crippen molar-refractivity contribution in [3.8, 4) is 5.75 Å². The van der Waals surface area contributed by atoms with Crippen LogP contribution in [0, 0.1) is 0 Å². The highest BCUT2D eigenvalue weighted by molar-refractivity contribution is 14.0. The zero-order chi connectivity index (χ0) is 19.5. The van der Waals surface area contributed by atoms with E-state index in [9.17, 15) is 5.11 Å². The van der Waals surface area contributed by atoms with E-state index >= 15 is 0 Å². The van der Waals surface area contributed by atoms with E-state index < -0.39 is 6.10 Å². The van der Waals surface area contributed by atoms with Gasteiger partial charge < -0.3 is 30.1 Å². The van der Waals surface area contributed by atoms with Crippen LogP contribution in [0.3, 0.4) is 0 Å². The molecule has 1 saturated heterocycles. The number of halogens is 1. The Morgan fingerprint density at radius 1 is 1.32 bits per heavy atom. The van der Waals surface area contributed by atoms with Crippen molar-refractivity contribution in [3.63, 3.8) is 0 Å². The highest BCUT2D eigenvalue weighted by Crippen LogP contribution is 2.19. The molecule has 0 radical (unpaired) electrons. The molecule has 1 aliphatic rings. The average molecular weight is 506 g/mol. The van der Waals surface area contributed by atoms with E-state index in [-0.39, 0.29) is 24.0 Å². The van der Waals surface area contributed by atoms with Gasteiger partial charge in [-0.05, 0) is 37.5 Å². The molecule has 160 valence electrons. The van der Waals surface area contributed by atoms with Crippen molar-refractivity contribution in [3.05, 3.63) is 29.8 Å². The molecule has 0 aromatic heterocycles. The third-order valence-electron chi connectivity index (χ3n) is 4.79. The van der Waals surface area contributed by atoms with E-state index in [2.05, 4.69) is 20.5 Å². The average Bonchev–Trinajstić information content (AvgIpc) is 2.71. The molecule has 1 aromatic carbocycles. The summed E-state index contributed by atoms with van der Waals surface area (Å²) in [5.41, 5.74) is 0.806. The Labute approximate surface area is 185 Å². The van der Waals surface area contributed by atoms with E-state index in [1.807, 2.05) is 31.2 Å². The number of piperidine rings is 1. The van der Waals surface area contributed by atoms with Gasteiger partial charge in [-0.1, -0.05) is 12.1 Å². The molecule has 0 amide bonds. The predicted molar refractivity (Wildman–Crippen MR) is 124 cm³/mol. The molecule has 0 saturated carbocycles. The van der Waals surface area contributed by atoms with Gasteiger partial charge in [0.25, 0.3) is 0 Å². The summed E-state index contributed by atoms with van der Waals surface area (Å²) >= 11 is 0. The molecule has 3 N–H and O–H groups in total. The number of hydrogen-bond donors (Lipinski definition) is 3. The summed E-state index contributed by atoms with van der Waals surface area (Å²) in [6.45, 7) is 7.03. The number of guanidine groups is 1. The Morgan fingerprint density at radius 2 is 2.07 bits per heavy atom. The molecule has 2 rings (SSSR count). The number of rotatable bonds is 9. The molecule has 1 unspecified atom stereocenters. The lowest BCUT2D eigenvalue weighted by Gasteiger charge is -2.32. The third-order valence-corrected chi connectivity index (χ3v) is 4.79. The van der Waals surface area contributed by atoms with Crippen molar-refractivity contribution in [2.75, 3.05) is 53.6 Å². The van der Waals surface area contributed by atoms with E-state index in [0.717, 1.165) is 62.9 Å². The maximum absolute atomic E-state index is 10.4. The highest BCUT2D eigenvalue weighted by Gasteiger charge is 2.19. The zero-order valence-electron chi connectivity index (χ0n) is 17.2. The Kier molecular flexibility index (Phi) is 12.4. The molecule has 1 atom stereocenters. The van der Waals surface area contributed by atoms with Crippen molar-refractivity contribution in [1.82, 2.24) is 15.5 Å². The first kappa shape index (κ1) is 24.9. The van der Waals surface area contributed by atoms with Gasteiger partial charge in [-0.3, -0.25) is 4.99 Å². The smallest absolute Gasteiger partial charge is 0.191 e. The monoisotopic (exact) mass is 506 g/mol. The lowest BCUT2D eigenvalue weighted by Crippen LogP contribution is -2.49. The molecule has 1 fully saturated rings. The summed E-state index contributed by atoms with van der Waals surface area (Å²) in [6, 6.07) is 7.87. The number of benzene rings is 1. The second-order valence-electron chi connectivity index (χ2n) is 6.77. The second kappa shape index (κ2) is 14.0. The molecule has 8 heteroatoms. The first-order valence-electron chi connectivity index (χ1n) is 9.74. The summed E-state index contributed by atoms with van der Waals surface area (Å²) < 4.78 is 10.4. The fraction of sp³-hybridized carbons (Fsp3) is 0.650. The first-order valence-corrected chi connectivity index (χ1v) is 9.74. The van der Waals surface area contributed by atoms with E-state index in [4.69, 9.17) is 9.47 Å². The molecule has 0 aliphatic carbocycles. The second-order valence-corrected chi connectivity index (χ2v) is 6.77. The summed E-state index contributed by atoms with van der Waals surface area (Å²) in [4.78, 5) is 7.01. The van der Waals surface area contributed by atoms with Crippen LogP contribution in [-0.2, 0) is 4.74 Å². The topological polar surface area (TPSA) is 78.4 Å². The fourth-order valence-corrected chi connectivity index (χ4v) is 3.17. The normalized spacial score (nSPS) is 16.9. The predicted octanol–water partition coefficient (Wildman–Crippen LogP) is 2.01. The number of aliphatic hydroxyl groups is 1. The Morgan fingerprint density at radius 3 is 2.71 bits per heavy atom. The van der Waals surface area contributed by atoms with Gasteiger partial charge in [-0.2, -0.15) is 0 Å². The number of aliphatic imine (C=N–C) groups is 1. The maximum Gasteiger partial charge on any atom is 0.191 e. The van der Waals surface area contributed by atoms with Crippen molar-refractivity contribution in [2.24, 2.45) is 4.99 Å². The molecular formula is C20H35IN4O3. The number of methoxy groups -OCH3 is 2. The molecule has 1 aliphatic heterocycles. The van der Waals surface area contributed by atoms with Gasteiger partial charge in [-0.25, -0.2) is 0 Å². The number of aliphatic hydroxyl groups excluding tert-OH is 1. The van der Waals surface area contributed by atoms with Gasteiger partial charge in [0.1, 0.15) is 5.75 Å². The van der Waals surface area contributed by atoms with Crippen LogP contribution in [0.15, 0.2) is 29.3 Å². The van der Waals surface area contributed by atoms with Crippen LogP contribution in [0.1, 0.15) is 31.4 Å². The molecule has 1 heterocycles. The molecule has 0 spiro atoms. The zero-order valence-corrected chi connectivity index (χ0v) is 19.5. The largest absolute Gasteiger partial charge is 0.497 e. The summed E-state index contributed by atoms with van der Waals surface area (Å²) in [7, 11) is 3.37. The van der Waals surface area contributed by atoms with Gasteiger partial charge in [0.05, 0.1) is 26.4 Å². The van der Waals surface area contributed by atoms with Gasteiger partial charge in [0.15, 0.2) is 5.96 Å². The van der Waals surface area contributed by atoms with Gasteiger partial charge in [0.2, 0.25) is 0 Å². The highest BCUT2D eigenvalue weighted by atomic mass is 127. The van der Waals surface area contributed by atoms with E-state index in [1.165, 1.54) is 0 Å². The van der Waals surface area contributed by atoms with Crippen molar-refractivity contribution >= 4 is 29.9 Å². The Balaban J connectivity index is 0.00000392. The summed E-state index contributed by atoms with van der Waals surface area (Å²) in [5, 5.41) is 17.2. The van der Waals surface area contributed by atoms with Gasteiger partial charge >= 0.3 is 0 Å². The summed E-state index contributed by atoms with van der Waals surface area (Å²) in [6.07, 6.45) is 1.49. The Bertz CT molecular complexity index is 580. The van der Waals surface area contributed by atoms with Crippen molar-refractivity contribution in [2.45, 2.75) is 31.9 Å². The molecule has 1 aromatic rings. The number of hydrogen-bond acceptors (Lipinski definition) is 5. The minimum absolute atomic E-state index is 0. The van der Waals surface area contributed by atoms with Crippen molar-refractivity contribution < 1.29 is 14.6 Å². The lowest BCUT2D eigenvalue weighted by atomic mass is 10.1. The number of ether oxygens (including phenoxy) is 2. The minimum Gasteiger partial charge on any atom is -0.497 e. The van der Waals surface area contributed by atoms with Gasteiger partial charge in [0, 0.05) is 39.3 Å². The summed E-state index contributed by atoms with van der Waals surface area (Å²) in [5.74, 6) is 1.50. The Hall–Kier alpha value is -1.10. The first-order chi connectivity index (χ1) is 13.2. The fourth-order valence-electron chi connectivity index (χ4n) is 3.17. The van der Waals surface area contributed by atoms with Crippen LogP contribution >= 0.6 is 24.0 Å². The van der Waals surface area contributed by atoms with Crippen LogP contribution in [0.2, 0.25) is 0 Å². The number of nitrogens with one attached hydrogen (secondary N) is 2.